The topological polar surface area (TPSA) is 112 Å². The number of benzene rings is 2. The first-order valence-electron chi connectivity index (χ1n) is 14.8. The van der Waals surface area contributed by atoms with Crippen molar-refractivity contribution in [1.29, 1.82) is 0 Å². The lowest BCUT2D eigenvalue weighted by molar-refractivity contribution is -0.118. The smallest absolute Gasteiger partial charge is 0.261 e. The number of fused-ring (bicyclic) bond motifs is 3. The molecule has 224 valence electrons. The highest BCUT2D eigenvalue weighted by Gasteiger charge is 2.28. The van der Waals surface area contributed by atoms with Crippen molar-refractivity contribution in [3.05, 3.63) is 94.5 Å². The Balaban J connectivity index is 1.19. The molecule has 1 atom stereocenters. The molecule has 0 radical (unpaired) electrons. The Labute approximate surface area is 259 Å². The number of Topliss-reactive ketones (excluding diaryl/α,β-unsaturated/α-hetero) is 1. The van der Waals surface area contributed by atoms with Crippen LogP contribution in [-0.2, 0) is 11.2 Å². The largest absolute Gasteiger partial charge is 0.356 e. The van der Waals surface area contributed by atoms with Crippen LogP contribution in [0.4, 0.5) is 17.2 Å². The fourth-order valence-corrected chi connectivity index (χ4v) is 6.74. The highest BCUT2D eigenvalue weighted by atomic mass is 32.1. The first-order valence-corrected chi connectivity index (χ1v) is 15.6. The van der Waals surface area contributed by atoms with E-state index in [1.807, 2.05) is 30.3 Å². The number of rotatable bonds is 7. The molecule has 10 heteroatoms. The van der Waals surface area contributed by atoms with Crippen LogP contribution in [0.25, 0.3) is 10.4 Å². The zero-order chi connectivity index (χ0) is 30.8. The maximum Gasteiger partial charge on any atom is 0.261 e. The van der Waals surface area contributed by atoms with Crippen LogP contribution in [0.5, 0.6) is 0 Å². The van der Waals surface area contributed by atoms with Gasteiger partial charge in [0.15, 0.2) is 5.78 Å². The number of nitrogens with zero attached hydrogens (tertiary/aromatic N) is 3. The van der Waals surface area contributed by atoms with Crippen molar-refractivity contribution < 1.29 is 19.2 Å². The van der Waals surface area contributed by atoms with Gasteiger partial charge in [0.2, 0.25) is 0 Å². The van der Waals surface area contributed by atoms with Gasteiger partial charge in [-0.05, 0) is 87.2 Å². The van der Waals surface area contributed by atoms with Crippen LogP contribution in [0.3, 0.4) is 0 Å². The highest BCUT2D eigenvalue weighted by molar-refractivity contribution is 7.17. The maximum absolute atomic E-state index is 13.8. The SMILES string of the molecule is CC(=O)[C@H](C)NC(=O)c1cc2c(s1)-c1ccccc1N(C(=O)c1ccc(NC(=O)c3cccnc3N3CCCC3)cc1)CC2. The number of pyridine rings is 1. The van der Waals surface area contributed by atoms with Gasteiger partial charge >= 0.3 is 0 Å². The maximum atomic E-state index is 13.8. The minimum Gasteiger partial charge on any atom is -0.356 e. The van der Waals surface area contributed by atoms with E-state index < -0.39 is 6.04 Å². The van der Waals surface area contributed by atoms with E-state index >= 15 is 0 Å². The molecule has 2 aliphatic heterocycles. The van der Waals surface area contributed by atoms with E-state index in [0.717, 1.165) is 47.6 Å². The molecule has 4 aromatic rings. The van der Waals surface area contributed by atoms with Crippen LogP contribution in [0.15, 0.2) is 72.9 Å². The molecule has 2 N–H and O–H groups in total. The third kappa shape index (κ3) is 5.85. The van der Waals surface area contributed by atoms with E-state index in [2.05, 4.69) is 20.5 Å². The summed E-state index contributed by atoms with van der Waals surface area (Å²) in [6.07, 6.45) is 4.45. The number of anilines is 3. The van der Waals surface area contributed by atoms with Gasteiger partial charge in [0.1, 0.15) is 5.82 Å². The second kappa shape index (κ2) is 12.4. The summed E-state index contributed by atoms with van der Waals surface area (Å²) in [5.41, 5.74) is 4.25. The quantitative estimate of drug-likeness (QED) is 0.284. The number of thiophene rings is 1. The van der Waals surface area contributed by atoms with Gasteiger partial charge < -0.3 is 20.4 Å². The van der Waals surface area contributed by atoms with E-state index in [0.29, 0.717) is 40.5 Å². The van der Waals surface area contributed by atoms with Gasteiger partial charge in [-0.1, -0.05) is 18.2 Å². The van der Waals surface area contributed by atoms with E-state index in [1.165, 1.54) is 18.3 Å². The van der Waals surface area contributed by atoms with Gasteiger partial charge in [-0.2, -0.15) is 0 Å². The third-order valence-corrected chi connectivity index (χ3v) is 9.32. The zero-order valence-electron chi connectivity index (χ0n) is 24.6. The highest BCUT2D eigenvalue weighted by Crippen LogP contribution is 2.42. The lowest BCUT2D eigenvalue weighted by atomic mass is 10.1. The standard InChI is InChI=1S/C34H33N5O4S/c1-21(22(2)40)36-33(42)29-20-24-15-19-39(28-10-4-3-8-26(28)30(24)44-29)34(43)23-11-13-25(14-12-23)37-32(41)27-9-7-16-35-31(27)38-17-5-6-18-38/h3-4,7-14,16,20-21H,5-6,15,17-19H2,1-2H3,(H,36,42)(H,37,41)/t21-/m0/s1. The molecule has 6 rings (SSSR count). The van der Waals surface area contributed by atoms with E-state index in [1.54, 1.807) is 54.4 Å². The average Bonchev–Trinajstić information content (AvgIpc) is 3.70. The lowest BCUT2D eigenvalue weighted by Gasteiger charge is -2.23. The molecule has 1 saturated heterocycles. The predicted molar refractivity (Wildman–Crippen MR) is 173 cm³/mol. The predicted octanol–water partition coefficient (Wildman–Crippen LogP) is 5.57. The van der Waals surface area contributed by atoms with Crippen molar-refractivity contribution in [3.8, 4) is 10.4 Å². The number of amides is 3. The van der Waals surface area contributed by atoms with Crippen LogP contribution >= 0.6 is 11.3 Å². The first kappa shape index (κ1) is 29.3. The molecular formula is C34H33N5O4S. The Bertz CT molecular complexity index is 1740. The fraction of sp³-hybridized carbons (Fsp3) is 0.265. The van der Waals surface area contributed by atoms with Crippen molar-refractivity contribution in [3.63, 3.8) is 0 Å². The Morgan fingerprint density at radius 1 is 0.909 bits per heavy atom. The Morgan fingerprint density at radius 3 is 2.41 bits per heavy atom. The van der Waals surface area contributed by atoms with Crippen LogP contribution in [0, 0.1) is 0 Å². The number of carbonyl (C=O) groups excluding carboxylic acids is 4. The fourth-order valence-electron chi connectivity index (χ4n) is 5.59. The third-order valence-electron chi connectivity index (χ3n) is 8.11. The van der Waals surface area contributed by atoms with E-state index in [4.69, 9.17) is 0 Å². The van der Waals surface area contributed by atoms with E-state index in [-0.39, 0.29) is 23.5 Å². The summed E-state index contributed by atoms with van der Waals surface area (Å²) < 4.78 is 0. The summed E-state index contributed by atoms with van der Waals surface area (Å²) in [6, 6.07) is 19.5. The lowest BCUT2D eigenvalue weighted by Crippen LogP contribution is -2.36. The van der Waals surface area contributed by atoms with Gasteiger partial charge in [0, 0.05) is 47.5 Å². The number of hydrogen-bond donors (Lipinski definition) is 2. The van der Waals surface area contributed by atoms with Crippen molar-refractivity contribution in [2.24, 2.45) is 0 Å². The minimum absolute atomic E-state index is 0.105. The van der Waals surface area contributed by atoms with Crippen LogP contribution in [0.2, 0.25) is 0 Å². The molecule has 2 aromatic carbocycles. The summed E-state index contributed by atoms with van der Waals surface area (Å²) in [6.45, 7) is 5.33. The molecule has 4 heterocycles. The average molecular weight is 608 g/mol. The summed E-state index contributed by atoms with van der Waals surface area (Å²) in [7, 11) is 0. The molecule has 0 spiro atoms. The second-order valence-corrected chi connectivity index (χ2v) is 12.1. The van der Waals surface area contributed by atoms with Gasteiger partial charge in [0.05, 0.1) is 22.2 Å². The minimum atomic E-state index is -0.563. The molecule has 0 unspecified atom stereocenters. The monoisotopic (exact) mass is 607 g/mol. The molecule has 0 saturated carbocycles. The molecule has 0 aliphatic carbocycles. The number of para-hydroxylation sites is 1. The van der Waals surface area contributed by atoms with Crippen LogP contribution in [-0.4, -0.2) is 54.2 Å². The molecule has 44 heavy (non-hydrogen) atoms. The molecule has 2 aromatic heterocycles. The Kier molecular flexibility index (Phi) is 8.25. The molecule has 9 nitrogen and oxygen atoms in total. The van der Waals surface area contributed by atoms with E-state index in [9.17, 15) is 19.2 Å². The van der Waals surface area contributed by atoms with Crippen molar-refractivity contribution in [2.75, 3.05) is 34.8 Å². The van der Waals surface area contributed by atoms with Gasteiger partial charge in [-0.15, -0.1) is 11.3 Å². The molecule has 0 bridgehead atoms. The van der Waals surface area contributed by atoms with Crippen LogP contribution in [0.1, 0.15) is 62.6 Å². The molecular weight excluding hydrogens is 574 g/mol. The summed E-state index contributed by atoms with van der Waals surface area (Å²) >= 11 is 1.37. The number of aromatic nitrogens is 1. The number of nitrogens with one attached hydrogen (secondary N) is 2. The summed E-state index contributed by atoms with van der Waals surface area (Å²) in [5, 5.41) is 5.71. The van der Waals surface area contributed by atoms with Crippen molar-refractivity contribution in [2.45, 2.75) is 39.2 Å². The Hall–Kier alpha value is -4.83. The van der Waals surface area contributed by atoms with Crippen molar-refractivity contribution >= 4 is 52.0 Å². The molecule has 1 fully saturated rings. The van der Waals surface area contributed by atoms with Crippen molar-refractivity contribution in [1.82, 2.24) is 10.3 Å². The van der Waals surface area contributed by atoms with Gasteiger partial charge in [0.25, 0.3) is 17.7 Å². The summed E-state index contributed by atoms with van der Waals surface area (Å²) in [5.74, 6) is -0.0792. The molecule has 2 aliphatic rings. The molecule has 3 amide bonds. The Morgan fingerprint density at radius 2 is 1.66 bits per heavy atom. The normalized spacial score (nSPS) is 14.7. The second-order valence-electron chi connectivity index (χ2n) is 11.1. The number of carbonyl (C=O) groups is 4. The number of ketones is 1. The van der Waals surface area contributed by atoms with Crippen LogP contribution < -0.4 is 20.4 Å². The van der Waals surface area contributed by atoms with Gasteiger partial charge in [-0.25, -0.2) is 4.98 Å². The summed E-state index contributed by atoms with van der Waals surface area (Å²) in [4.78, 5) is 61.3. The first-order chi connectivity index (χ1) is 21.3. The van der Waals surface area contributed by atoms with Gasteiger partial charge in [-0.3, -0.25) is 19.2 Å². The zero-order valence-corrected chi connectivity index (χ0v) is 25.4. The number of hydrogen-bond acceptors (Lipinski definition) is 7.